The molecule has 36 heavy (non-hydrogen) atoms. The first-order chi connectivity index (χ1) is 16.7. The van der Waals surface area contributed by atoms with Gasteiger partial charge in [-0.05, 0) is 12.1 Å². The molecular formula is C20H20F6N6O4. The van der Waals surface area contributed by atoms with E-state index < -0.39 is 24.3 Å². The van der Waals surface area contributed by atoms with Crippen molar-refractivity contribution in [1.82, 2.24) is 29.2 Å². The molecule has 10 nitrogen and oxygen atoms in total. The predicted octanol–water partition coefficient (Wildman–Crippen LogP) is 2.96. The average Bonchev–Trinajstić information content (AvgIpc) is 3.39. The molecule has 0 aliphatic carbocycles. The maximum atomic E-state index is 10.6. The number of aromatic nitrogens is 5. The van der Waals surface area contributed by atoms with Crippen LogP contribution in [0.25, 0.3) is 11.3 Å². The molecule has 0 radical (unpaired) electrons. The summed E-state index contributed by atoms with van der Waals surface area (Å²) in [6.45, 7) is 3.79. The Balaban J connectivity index is 0.000000271. The van der Waals surface area contributed by atoms with Gasteiger partial charge in [-0.2, -0.15) is 31.4 Å². The zero-order valence-electron chi connectivity index (χ0n) is 18.5. The molecule has 0 atom stereocenters. The fourth-order valence-corrected chi connectivity index (χ4v) is 3.01. The molecule has 0 saturated heterocycles. The highest BCUT2D eigenvalue weighted by atomic mass is 19.4. The summed E-state index contributed by atoms with van der Waals surface area (Å²) in [5, 5.41) is 18.5. The number of carboxylic acid groups (broad SMARTS) is 2. The van der Waals surface area contributed by atoms with E-state index in [1.807, 2.05) is 48.6 Å². The third-order valence-corrected chi connectivity index (χ3v) is 4.57. The van der Waals surface area contributed by atoms with Gasteiger partial charge in [-0.3, -0.25) is 14.6 Å². The topological polar surface area (TPSA) is 126 Å². The van der Waals surface area contributed by atoms with Crippen molar-refractivity contribution in [3.63, 3.8) is 0 Å². The Morgan fingerprint density at radius 1 is 0.972 bits per heavy atom. The number of rotatable bonds is 3. The molecule has 196 valence electrons. The maximum absolute atomic E-state index is 10.6. The van der Waals surface area contributed by atoms with Crippen molar-refractivity contribution in [2.45, 2.75) is 32.0 Å². The van der Waals surface area contributed by atoms with Crippen LogP contribution in [0.1, 0.15) is 11.4 Å². The normalized spacial score (nSPS) is 13.5. The third kappa shape index (κ3) is 8.37. The van der Waals surface area contributed by atoms with Gasteiger partial charge in [0.15, 0.2) is 0 Å². The molecule has 0 saturated carbocycles. The summed E-state index contributed by atoms with van der Waals surface area (Å²) in [5.41, 5.74) is 3.60. The van der Waals surface area contributed by atoms with Crippen molar-refractivity contribution in [3.05, 3.63) is 54.5 Å². The highest BCUT2D eigenvalue weighted by Gasteiger charge is 2.38. The van der Waals surface area contributed by atoms with Gasteiger partial charge in [-0.1, -0.05) is 0 Å². The number of alkyl halides is 6. The van der Waals surface area contributed by atoms with E-state index in [2.05, 4.69) is 30.7 Å². The van der Waals surface area contributed by atoms with Crippen LogP contribution < -0.4 is 0 Å². The Hall–Kier alpha value is -3.95. The number of fused-ring (bicyclic) bond motifs is 1. The van der Waals surface area contributed by atoms with Gasteiger partial charge in [0.05, 0.1) is 24.6 Å². The van der Waals surface area contributed by atoms with Crippen LogP contribution in [0.5, 0.6) is 0 Å². The van der Waals surface area contributed by atoms with E-state index in [-0.39, 0.29) is 0 Å². The van der Waals surface area contributed by atoms with E-state index >= 15 is 0 Å². The zero-order chi connectivity index (χ0) is 27.1. The van der Waals surface area contributed by atoms with Crippen molar-refractivity contribution in [3.8, 4) is 11.3 Å². The highest BCUT2D eigenvalue weighted by Crippen LogP contribution is 2.24. The Bertz CT molecular complexity index is 1140. The molecule has 0 unspecified atom stereocenters. The second-order valence-corrected chi connectivity index (χ2v) is 7.29. The fraction of sp³-hybridized carbons (Fsp3) is 0.350. The quantitative estimate of drug-likeness (QED) is 0.503. The number of aryl methyl sites for hydroxylation is 1. The number of pyridine rings is 1. The molecule has 2 N–H and O–H groups in total. The number of aliphatic carboxylic acids is 2. The monoisotopic (exact) mass is 522 g/mol. The second-order valence-electron chi connectivity index (χ2n) is 7.29. The van der Waals surface area contributed by atoms with Gasteiger partial charge in [0, 0.05) is 56.4 Å². The molecule has 0 aromatic carbocycles. The average molecular weight is 522 g/mol. The van der Waals surface area contributed by atoms with Crippen LogP contribution in [-0.2, 0) is 36.3 Å². The molecule has 3 aromatic heterocycles. The van der Waals surface area contributed by atoms with Crippen molar-refractivity contribution >= 4 is 11.9 Å². The summed E-state index contributed by atoms with van der Waals surface area (Å²) in [7, 11) is 1.95. The maximum Gasteiger partial charge on any atom is 0.490 e. The van der Waals surface area contributed by atoms with Crippen LogP contribution in [0, 0.1) is 0 Å². The van der Waals surface area contributed by atoms with Gasteiger partial charge in [-0.15, -0.1) is 0 Å². The molecule has 1 aliphatic rings. The first-order valence-corrected chi connectivity index (χ1v) is 9.93. The summed E-state index contributed by atoms with van der Waals surface area (Å²) >= 11 is 0. The number of nitrogens with zero attached hydrogens (tertiary/aromatic N) is 6. The third-order valence-electron chi connectivity index (χ3n) is 4.57. The summed E-state index contributed by atoms with van der Waals surface area (Å²) in [5.74, 6) is -4.39. The molecule has 3 aromatic rings. The fourth-order valence-electron chi connectivity index (χ4n) is 3.01. The lowest BCUT2D eigenvalue weighted by molar-refractivity contribution is -0.193. The van der Waals surface area contributed by atoms with E-state index in [9.17, 15) is 26.3 Å². The summed E-state index contributed by atoms with van der Waals surface area (Å²) < 4.78 is 67.6. The van der Waals surface area contributed by atoms with Crippen molar-refractivity contribution < 1.29 is 46.1 Å². The first kappa shape index (κ1) is 28.3. The molecule has 4 heterocycles. The summed E-state index contributed by atoms with van der Waals surface area (Å²) in [6.07, 6.45) is -0.537. The van der Waals surface area contributed by atoms with Gasteiger partial charge in [0.1, 0.15) is 5.82 Å². The van der Waals surface area contributed by atoms with Gasteiger partial charge in [-0.25, -0.2) is 14.6 Å². The van der Waals surface area contributed by atoms with Crippen LogP contribution in [0.4, 0.5) is 26.3 Å². The summed E-state index contributed by atoms with van der Waals surface area (Å²) in [4.78, 5) is 28.9. The van der Waals surface area contributed by atoms with Crippen molar-refractivity contribution in [1.29, 1.82) is 0 Å². The lowest BCUT2D eigenvalue weighted by atomic mass is 10.2. The number of imidazole rings is 1. The van der Waals surface area contributed by atoms with Crippen LogP contribution >= 0.6 is 0 Å². The van der Waals surface area contributed by atoms with E-state index in [4.69, 9.17) is 19.8 Å². The second kappa shape index (κ2) is 11.7. The molecule has 0 amide bonds. The summed E-state index contributed by atoms with van der Waals surface area (Å²) in [6, 6.07) is 4.07. The molecule has 0 bridgehead atoms. The smallest absolute Gasteiger partial charge is 0.475 e. The number of hydrogen-bond acceptors (Lipinski definition) is 6. The van der Waals surface area contributed by atoms with Gasteiger partial charge in [0.25, 0.3) is 0 Å². The van der Waals surface area contributed by atoms with Crippen LogP contribution in [0.2, 0.25) is 0 Å². The van der Waals surface area contributed by atoms with Crippen LogP contribution in [0.15, 0.2) is 43.1 Å². The van der Waals surface area contributed by atoms with Crippen LogP contribution in [-0.4, -0.2) is 70.3 Å². The molecule has 1 aliphatic heterocycles. The minimum atomic E-state index is -5.08. The SMILES string of the molecule is Cn1cc(CN2CCn3c(-c4ccncc4)cnc3C2)cn1.O=C(O)C(F)(F)F.O=C(O)C(F)(F)F. The van der Waals surface area contributed by atoms with Crippen LogP contribution in [0.3, 0.4) is 0 Å². The number of hydrogen-bond donors (Lipinski definition) is 2. The van der Waals surface area contributed by atoms with E-state index in [1.54, 1.807) is 0 Å². The molecule has 4 rings (SSSR count). The Morgan fingerprint density at radius 2 is 1.53 bits per heavy atom. The Kier molecular flexibility index (Phi) is 9.16. The first-order valence-electron chi connectivity index (χ1n) is 9.93. The van der Waals surface area contributed by atoms with Gasteiger partial charge in [0.2, 0.25) is 0 Å². The van der Waals surface area contributed by atoms with Gasteiger partial charge < -0.3 is 14.8 Å². The zero-order valence-corrected chi connectivity index (χ0v) is 18.5. The largest absolute Gasteiger partial charge is 0.490 e. The lowest BCUT2D eigenvalue weighted by Crippen LogP contribution is -2.33. The Morgan fingerprint density at radius 3 is 2.00 bits per heavy atom. The molecular weight excluding hydrogens is 502 g/mol. The van der Waals surface area contributed by atoms with Gasteiger partial charge >= 0.3 is 24.3 Å². The molecule has 16 heteroatoms. The van der Waals surface area contributed by atoms with Crippen molar-refractivity contribution in [2.24, 2.45) is 7.05 Å². The van der Waals surface area contributed by atoms with E-state index in [0.29, 0.717) is 0 Å². The standard InChI is InChI=1S/C16H18N6.2C2HF3O2/c1-20-10-13(8-19-20)11-21-6-7-22-15(9-18-16(22)12-21)14-2-4-17-5-3-14;2*3-2(4,5)1(6)7/h2-5,8-10H,6-7,11-12H2,1H3;2*(H,6,7). The highest BCUT2D eigenvalue weighted by molar-refractivity contribution is 5.73. The van der Waals surface area contributed by atoms with E-state index in [0.717, 1.165) is 32.0 Å². The predicted molar refractivity (Wildman–Crippen MR) is 110 cm³/mol. The minimum Gasteiger partial charge on any atom is -0.475 e. The van der Waals surface area contributed by atoms with E-state index in [1.165, 1.54) is 16.8 Å². The molecule has 0 spiro atoms. The lowest BCUT2D eigenvalue weighted by Gasteiger charge is -2.28. The Labute approximate surface area is 199 Å². The number of halogens is 6. The van der Waals surface area contributed by atoms with Crippen molar-refractivity contribution in [2.75, 3.05) is 6.54 Å². The number of carboxylic acids is 2. The number of carbonyl (C=O) groups is 2. The minimum absolute atomic E-state index is 0.875. The molecule has 0 fully saturated rings.